The van der Waals surface area contributed by atoms with Gasteiger partial charge in [-0.3, -0.25) is 14.4 Å². The number of carboxylic acids is 1. The lowest BCUT2D eigenvalue weighted by Gasteiger charge is -2.36. The van der Waals surface area contributed by atoms with E-state index < -0.39 is 48.3 Å². The highest BCUT2D eigenvalue weighted by Crippen LogP contribution is 2.36. The fourth-order valence-electron chi connectivity index (χ4n) is 3.67. The summed E-state index contributed by atoms with van der Waals surface area (Å²) in [6.45, 7) is -0.204. The van der Waals surface area contributed by atoms with E-state index in [1.165, 1.54) is 31.3 Å². The molecule has 1 atom stereocenters. The number of hydrogen-bond donors (Lipinski definition) is 2. The van der Waals surface area contributed by atoms with E-state index >= 15 is 0 Å². The van der Waals surface area contributed by atoms with Gasteiger partial charge >= 0.3 is 30.1 Å². The Morgan fingerprint density at radius 2 is 1.78 bits per heavy atom. The van der Waals surface area contributed by atoms with Crippen molar-refractivity contribution in [1.29, 1.82) is 0 Å². The van der Waals surface area contributed by atoms with E-state index in [2.05, 4.69) is 15.2 Å². The van der Waals surface area contributed by atoms with Crippen molar-refractivity contribution < 1.29 is 46.9 Å². The molecule has 0 spiro atoms. The third-order valence-corrected chi connectivity index (χ3v) is 5.43. The van der Waals surface area contributed by atoms with Gasteiger partial charge in [0.1, 0.15) is 6.04 Å². The van der Waals surface area contributed by atoms with Gasteiger partial charge in [-0.1, -0.05) is 12.1 Å². The highest BCUT2D eigenvalue weighted by Gasteiger charge is 2.42. The summed E-state index contributed by atoms with van der Waals surface area (Å²) in [6.07, 6.45) is -5.37. The number of hydrogen-bond acceptors (Lipinski definition) is 7. The molecule has 0 saturated carbocycles. The number of aryl methyl sites for hydroxylation is 1. The van der Waals surface area contributed by atoms with E-state index in [1.54, 1.807) is 0 Å². The van der Waals surface area contributed by atoms with Crippen molar-refractivity contribution in [2.45, 2.75) is 25.2 Å². The molecule has 1 aliphatic heterocycles. The van der Waals surface area contributed by atoms with Crippen molar-refractivity contribution in [1.82, 2.24) is 20.0 Å². The lowest BCUT2D eigenvalue weighted by Crippen LogP contribution is -2.49. The second-order valence-electron chi connectivity index (χ2n) is 7.65. The number of alkyl halides is 3. The van der Waals surface area contributed by atoms with E-state index in [-0.39, 0.29) is 29.1 Å². The van der Waals surface area contributed by atoms with Gasteiger partial charge in [0, 0.05) is 12.7 Å². The smallest absolute Gasteiger partial charge is 0.435 e. The number of carbonyl (C=O) groups is 4. The summed E-state index contributed by atoms with van der Waals surface area (Å²) in [7, 11) is 3.34. The minimum Gasteiger partial charge on any atom is -0.478 e. The van der Waals surface area contributed by atoms with Crippen LogP contribution in [0.5, 0.6) is 0 Å². The number of aromatic nitrogens is 2. The Balaban J connectivity index is 2.16. The molecule has 11 nitrogen and oxygen atoms in total. The number of nitrogens with zero attached hydrogens (tertiary/aromatic N) is 3. The number of carboxylic acid groups (broad SMARTS) is 1. The number of ether oxygens (including phenoxy) is 2. The number of benzene rings is 1. The van der Waals surface area contributed by atoms with Crippen molar-refractivity contribution in [3.63, 3.8) is 0 Å². The molecule has 2 aromatic rings. The lowest BCUT2D eigenvalue weighted by molar-refractivity contribution is -0.142. The Morgan fingerprint density at radius 1 is 1.14 bits per heavy atom. The minimum absolute atomic E-state index is 0.000775. The molecule has 1 aromatic heterocycles. The lowest BCUT2D eigenvalue weighted by atomic mass is 9.96. The first-order valence-electron chi connectivity index (χ1n) is 10.3. The number of methoxy groups -OCH3 is 2. The summed E-state index contributed by atoms with van der Waals surface area (Å²) in [4.78, 5) is 50.3. The van der Waals surface area contributed by atoms with E-state index in [4.69, 9.17) is 9.84 Å². The van der Waals surface area contributed by atoms with Crippen LogP contribution in [0.3, 0.4) is 0 Å². The first-order valence-corrected chi connectivity index (χ1v) is 10.3. The second kappa shape index (κ2) is 10.1. The van der Waals surface area contributed by atoms with Crippen molar-refractivity contribution >= 4 is 23.9 Å². The molecular weight excluding hydrogens is 489 g/mol. The number of halogens is 3. The van der Waals surface area contributed by atoms with Crippen LogP contribution in [0.25, 0.3) is 0 Å². The van der Waals surface area contributed by atoms with Gasteiger partial charge in [-0.2, -0.15) is 18.3 Å². The van der Waals surface area contributed by atoms with Gasteiger partial charge in [0.15, 0.2) is 5.69 Å². The predicted molar refractivity (Wildman–Crippen MR) is 114 cm³/mol. The topological polar surface area (TPSA) is 140 Å². The maximum atomic E-state index is 13.3. The van der Waals surface area contributed by atoms with Crippen LogP contribution in [0.15, 0.2) is 41.6 Å². The maximum absolute atomic E-state index is 13.3. The van der Waals surface area contributed by atoms with E-state index in [1.807, 2.05) is 0 Å². The Morgan fingerprint density at radius 3 is 2.28 bits per heavy atom. The van der Waals surface area contributed by atoms with Crippen molar-refractivity contribution in [3.8, 4) is 0 Å². The summed E-state index contributed by atoms with van der Waals surface area (Å²) < 4.78 is 50.1. The average molecular weight is 510 g/mol. The third kappa shape index (κ3) is 5.31. The molecule has 36 heavy (non-hydrogen) atoms. The highest BCUT2D eigenvalue weighted by atomic mass is 19.4. The molecule has 192 valence electrons. The maximum Gasteiger partial charge on any atom is 0.435 e. The molecule has 0 bridgehead atoms. The van der Waals surface area contributed by atoms with Crippen LogP contribution < -0.4 is 5.32 Å². The molecule has 0 fully saturated rings. The zero-order valence-corrected chi connectivity index (χ0v) is 19.3. The van der Waals surface area contributed by atoms with Crippen LogP contribution in [0.4, 0.5) is 18.0 Å². The molecule has 1 aromatic carbocycles. The first kappa shape index (κ1) is 26.2. The van der Waals surface area contributed by atoms with Crippen molar-refractivity contribution in [2.75, 3.05) is 14.2 Å². The SMILES string of the molecule is COC(=O)CC1=C(C(=O)OC)C(c2cc(C(F)(F)F)nn2C)NC(=O)N1Cc1ccc(C(=O)O)cc1. The Kier molecular flexibility index (Phi) is 7.36. The van der Waals surface area contributed by atoms with Gasteiger partial charge < -0.3 is 19.9 Å². The molecule has 0 aliphatic carbocycles. The standard InChI is InChI=1S/C22H21F3N4O7/c1-28-14(8-15(27-28)22(23,24)25)18-17(20(33)36-3)13(9-16(30)35-2)29(21(34)26-18)10-11-4-6-12(7-5-11)19(31)32/h4-8,18H,9-10H2,1-3H3,(H,26,34)(H,31,32). The van der Waals surface area contributed by atoms with Gasteiger partial charge in [-0.15, -0.1) is 0 Å². The van der Waals surface area contributed by atoms with Gasteiger partial charge in [-0.25, -0.2) is 14.4 Å². The summed E-state index contributed by atoms with van der Waals surface area (Å²) in [5, 5.41) is 15.0. The van der Waals surface area contributed by atoms with Crippen LogP contribution in [0.2, 0.25) is 0 Å². The number of urea groups is 1. The first-order chi connectivity index (χ1) is 16.9. The number of aromatic carboxylic acids is 1. The molecule has 1 unspecified atom stereocenters. The van der Waals surface area contributed by atoms with Crippen molar-refractivity contribution in [2.24, 2.45) is 7.05 Å². The van der Waals surface area contributed by atoms with Crippen LogP contribution >= 0.6 is 0 Å². The second-order valence-corrected chi connectivity index (χ2v) is 7.65. The van der Waals surface area contributed by atoms with Crippen LogP contribution in [-0.4, -0.2) is 57.9 Å². The molecule has 0 saturated heterocycles. The molecule has 1 aliphatic rings. The number of rotatable bonds is 7. The van der Waals surface area contributed by atoms with Crippen LogP contribution in [-0.2, 0) is 38.8 Å². The third-order valence-electron chi connectivity index (χ3n) is 5.43. The highest BCUT2D eigenvalue weighted by molar-refractivity contribution is 5.96. The molecule has 2 N–H and O–H groups in total. The van der Waals surface area contributed by atoms with Gasteiger partial charge in [0.2, 0.25) is 0 Å². The van der Waals surface area contributed by atoms with Gasteiger partial charge in [-0.05, 0) is 23.8 Å². The van der Waals surface area contributed by atoms with E-state index in [9.17, 15) is 32.3 Å². The Bertz CT molecular complexity index is 1240. The fourth-order valence-corrected chi connectivity index (χ4v) is 3.67. The Hall–Kier alpha value is -4.36. The summed E-state index contributed by atoms with van der Waals surface area (Å²) >= 11 is 0. The van der Waals surface area contributed by atoms with Gasteiger partial charge in [0.25, 0.3) is 0 Å². The largest absolute Gasteiger partial charge is 0.478 e. The number of nitrogens with one attached hydrogen (secondary N) is 1. The van der Waals surface area contributed by atoms with Crippen LogP contribution in [0, 0.1) is 0 Å². The molecule has 2 amide bonds. The molecule has 0 radical (unpaired) electrons. The predicted octanol–water partition coefficient (Wildman–Crippen LogP) is 2.39. The number of esters is 2. The molecule has 2 heterocycles. The average Bonchev–Trinajstić information content (AvgIpc) is 3.22. The van der Waals surface area contributed by atoms with Crippen LogP contribution in [0.1, 0.15) is 39.8 Å². The quantitative estimate of drug-likeness (QED) is 0.542. The molecular formula is C22H21F3N4O7. The Labute approximate surface area is 202 Å². The van der Waals surface area contributed by atoms with E-state index in [0.717, 1.165) is 23.8 Å². The minimum atomic E-state index is -4.78. The molecule has 3 rings (SSSR count). The summed E-state index contributed by atoms with van der Waals surface area (Å²) in [5.41, 5.74) is -1.42. The summed E-state index contributed by atoms with van der Waals surface area (Å²) in [6, 6.07) is 3.92. The van der Waals surface area contributed by atoms with Crippen molar-refractivity contribution in [3.05, 3.63) is 64.1 Å². The zero-order valence-electron chi connectivity index (χ0n) is 19.3. The normalized spacial score (nSPS) is 16.0. The number of amides is 2. The number of carbonyl (C=O) groups excluding carboxylic acids is 3. The van der Waals surface area contributed by atoms with Gasteiger partial charge in [0.05, 0.1) is 44.0 Å². The zero-order chi connectivity index (χ0) is 26.8. The monoisotopic (exact) mass is 510 g/mol. The summed E-state index contributed by atoms with van der Waals surface area (Å²) in [5.74, 6) is -2.99. The molecule has 14 heteroatoms. The fraction of sp³-hybridized carbons (Fsp3) is 0.318. The van der Waals surface area contributed by atoms with E-state index in [0.29, 0.717) is 11.6 Å².